The number of benzene rings is 2. The Hall–Kier alpha value is -3.78. The summed E-state index contributed by atoms with van der Waals surface area (Å²) in [6.45, 7) is 8.44. The third kappa shape index (κ3) is 4.95. The molecule has 2 aliphatic rings. The molecule has 3 aromatic rings. The monoisotopic (exact) mass is 485 g/mol. The fourth-order valence-corrected chi connectivity index (χ4v) is 5.40. The molecule has 8 heteroatoms. The van der Waals surface area contributed by atoms with E-state index >= 15 is 0 Å². The maximum absolute atomic E-state index is 13.1. The number of amides is 1. The molecule has 186 valence electrons. The van der Waals surface area contributed by atoms with E-state index in [-0.39, 0.29) is 17.5 Å². The van der Waals surface area contributed by atoms with Crippen LogP contribution < -0.4 is 5.32 Å². The lowest BCUT2D eigenvalue weighted by Gasteiger charge is -2.41. The van der Waals surface area contributed by atoms with E-state index in [0.29, 0.717) is 24.1 Å². The van der Waals surface area contributed by atoms with Crippen molar-refractivity contribution >= 4 is 23.5 Å². The van der Waals surface area contributed by atoms with Gasteiger partial charge in [0.2, 0.25) is 5.95 Å². The molecule has 36 heavy (non-hydrogen) atoms. The number of hydrogen-bond acceptors (Lipinski definition) is 6. The van der Waals surface area contributed by atoms with Crippen LogP contribution in [0.2, 0.25) is 0 Å². The van der Waals surface area contributed by atoms with Gasteiger partial charge in [-0.25, -0.2) is 14.8 Å². The summed E-state index contributed by atoms with van der Waals surface area (Å²) in [6.07, 6.45) is 3.65. The number of carbonyl (C=O) groups is 2. The summed E-state index contributed by atoms with van der Waals surface area (Å²) in [6, 6.07) is 13.0. The molecule has 2 aromatic carbocycles. The Labute approximate surface area is 211 Å². The number of piperidine rings is 1. The Morgan fingerprint density at radius 1 is 1.06 bits per heavy atom. The summed E-state index contributed by atoms with van der Waals surface area (Å²) < 4.78 is 0. The Morgan fingerprint density at radius 2 is 1.81 bits per heavy atom. The first-order valence-electron chi connectivity index (χ1n) is 12.4. The number of aromatic nitrogens is 2. The highest BCUT2D eigenvalue weighted by Crippen LogP contribution is 2.31. The number of anilines is 2. The van der Waals surface area contributed by atoms with E-state index in [2.05, 4.69) is 54.2 Å². The van der Waals surface area contributed by atoms with E-state index in [9.17, 15) is 14.7 Å². The fourth-order valence-electron chi connectivity index (χ4n) is 5.40. The summed E-state index contributed by atoms with van der Waals surface area (Å²) in [5, 5.41) is 12.6. The number of nitrogens with one attached hydrogen (secondary N) is 1. The molecule has 2 atom stereocenters. The van der Waals surface area contributed by atoms with Gasteiger partial charge in [0.15, 0.2) is 0 Å². The predicted octanol–water partition coefficient (Wildman–Crippen LogP) is 4.54. The van der Waals surface area contributed by atoms with Gasteiger partial charge in [-0.1, -0.05) is 12.1 Å². The Kier molecular flexibility index (Phi) is 6.45. The minimum absolute atomic E-state index is 0.0568. The van der Waals surface area contributed by atoms with Gasteiger partial charge in [0.05, 0.1) is 11.3 Å². The van der Waals surface area contributed by atoms with Crippen LogP contribution >= 0.6 is 0 Å². The topological polar surface area (TPSA) is 98.7 Å². The summed E-state index contributed by atoms with van der Waals surface area (Å²) in [5.74, 6) is -0.528. The second kappa shape index (κ2) is 9.70. The lowest BCUT2D eigenvalue weighted by molar-refractivity contribution is 0.0460. The number of carboxylic acids is 1. The molecule has 1 fully saturated rings. The van der Waals surface area contributed by atoms with E-state index in [1.165, 1.54) is 23.3 Å². The van der Waals surface area contributed by atoms with Gasteiger partial charge in [-0.2, -0.15) is 0 Å². The number of fused-ring (bicyclic) bond motifs is 1. The summed E-state index contributed by atoms with van der Waals surface area (Å²) in [7, 11) is 0. The first kappa shape index (κ1) is 23.9. The van der Waals surface area contributed by atoms with Crippen LogP contribution in [0.4, 0.5) is 11.6 Å². The van der Waals surface area contributed by atoms with Crippen molar-refractivity contribution in [1.29, 1.82) is 0 Å². The molecule has 0 bridgehead atoms. The van der Waals surface area contributed by atoms with Crippen molar-refractivity contribution in [2.45, 2.75) is 58.8 Å². The Balaban J connectivity index is 1.22. The first-order chi connectivity index (χ1) is 17.3. The van der Waals surface area contributed by atoms with Crippen LogP contribution in [-0.4, -0.2) is 55.4 Å². The number of aryl methyl sites for hydroxylation is 2. The molecule has 0 unspecified atom stereocenters. The van der Waals surface area contributed by atoms with E-state index in [4.69, 9.17) is 4.98 Å². The molecule has 0 spiro atoms. The lowest BCUT2D eigenvalue weighted by atomic mass is 9.96. The van der Waals surface area contributed by atoms with Crippen LogP contribution in [0.3, 0.4) is 0 Å². The predicted molar refractivity (Wildman–Crippen MR) is 137 cm³/mol. The minimum atomic E-state index is -1.03. The molecule has 5 rings (SSSR count). The van der Waals surface area contributed by atoms with Crippen LogP contribution in [0, 0.1) is 13.8 Å². The largest absolute Gasteiger partial charge is 0.478 e. The third-order valence-electron chi connectivity index (χ3n) is 7.14. The molecule has 3 heterocycles. The average Bonchev–Trinajstić information content (AvgIpc) is 3.26. The number of aromatic carboxylic acids is 1. The van der Waals surface area contributed by atoms with Crippen molar-refractivity contribution in [2.24, 2.45) is 0 Å². The molecule has 0 saturated carbocycles. The molecule has 0 aliphatic carbocycles. The number of carbonyl (C=O) groups excluding carboxylic acids is 1. The highest BCUT2D eigenvalue weighted by Gasteiger charge is 2.35. The van der Waals surface area contributed by atoms with Crippen LogP contribution in [0.5, 0.6) is 0 Å². The van der Waals surface area contributed by atoms with Gasteiger partial charge in [0.1, 0.15) is 0 Å². The SMILES string of the molecule is Cc1cc(C)cc(Nc2ncc3c(n2)CN([C@@H]2CCN(C(=O)c4cccc(C(=O)O)c4)[C@H](C)C2)C3)c1. The van der Waals surface area contributed by atoms with Crippen molar-refractivity contribution < 1.29 is 14.7 Å². The van der Waals surface area contributed by atoms with Gasteiger partial charge >= 0.3 is 5.97 Å². The highest BCUT2D eigenvalue weighted by atomic mass is 16.4. The molecule has 1 amide bonds. The van der Waals surface area contributed by atoms with Gasteiger partial charge in [-0.15, -0.1) is 0 Å². The molecule has 2 aliphatic heterocycles. The molecule has 1 saturated heterocycles. The number of likely N-dealkylation sites (tertiary alicyclic amines) is 1. The molecule has 8 nitrogen and oxygen atoms in total. The maximum atomic E-state index is 13.1. The number of carboxylic acid groups (broad SMARTS) is 1. The van der Waals surface area contributed by atoms with Crippen molar-refractivity contribution in [2.75, 3.05) is 11.9 Å². The quantitative estimate of drug-likeness (QED) is 0.547. The van der Waals surface area contributed by atoms with E-state index in [1.807, 2.05) is 11.1 Å². The molecule has 2 N–H and O–H groups in total. The highest BCUT2D eigenvalue weighted by molar-refractivity contribution is 5.97. The zero-order valence-corrected chi connectivity index (χ0v) is 20.9. The number of nitrogens with zero attached hydrogens (tertiary/aromatic N) is 4. The van der Waals surface area contributed by atoms with Crippen molar-refractivity contribution in [3.8, 4) is 0 Å². The third-order valence-corrected chi connectivity index (χ3v) is 7.14. The van der Waals surface area contributed by atoms with Crippen molar-refractivity contribution in [1.82, 2.24) is 19.8 Å². The standard InChI is InChI=1S/C28H31N5O3/c1-17-9-18(2)11-23(10-17)30-28-29-14-22-15-32(16-25(22)31-28)24-7-8-33(19(3)12-24)26(34)20-5-4-6-21(13-20)27(35)36/h4-6,9-11,13-14,19,24H,7-8,12,15-16H2,1-3H3,(H,35,36)(H,29,30,31)/t19-,24-/m1/s1. The van der Waals surface area contributed by atoms with Gasteiger partial charge in [-0.05, 0) is 75.1 Å². The van der Waals surface area contributed by atoms with Gasteiger partial charge in [-0.3, -0.25) is 9.69 Å². The summed E-state index contributed by atoms with van der Waals surface area (Å²) >= 11 is 0. The van der Waals surface area contributed by atoms with Crippen molar-refractivity contribution in [3.05, 3.63) is 82.2 Å². The average molecular weight is 486 g/mol. The van der Waals surface area contributed by atoms with Gasteiger partial charge < -0.3 is 15.3 Å². The van der Waals surface area contributed by atoms with Crippen LogP contribution in [0.25, 0.3) is 0 Å². The second-order valence-electron chi connectivity index (χ2n) is 9.98. The lowest BCUT2D eigenvalue weighted by Crippen LogP contribution is -2.50. The Morgan fingerprint density at radius 3 is 2.53 bits per heavy atom. The molecule has 1 aromatic heterocycles. The summed E-state index contributed by atoms with van der Waals surface area (Å²) in [4.78, 5) is 38.1. The molecular formula is C28H31N5O3. The van der Waals surface area contributed by atoms with Crippen molar-refractivity contribution in [3.63, 3.8) is 0 Å². The first-order valence-corrected chi connectivity index (χ1v) is 12.4. The minimum Gasteiger partial charge on any atom is -0.478 e. The second-order valence-corrected chi connectivity index (χ2v) is 9.98. The van der Waals surface area contributed by atoms with Gasteiger partial charge in [0.25, 0.3) is 5.91 Å². The van der Waals surface area contributed by atoms with Crippen LogP contribution in [0.1, 0.15) is 62.9 Å². The zero-order valence-electron chi connectivity index (χ0n) is 20.9. The zero-order chi connectivity index (χ0) is 25.4. The van der Waals surface area contributed by atoms with Crippen LogP contribution in [-0.2, 0) is 13.1 Å². The number of rotatable bonds is 5. The van der Waals surface area contributed by atoms with E-state index in [0.717, 1.165) is 42.9 Å². The van der Waals surface area contributed by atoms with E-state index < -0.39 is 5.97 Å². The summed E-state index contributed by atoms with van der Waals surface area (Å²) in [5.41, 5.74) is 6.13. The Bertz CT molecular complexity index is 1300. The normalized spacial score (nSPS) is 19.7. The van der Waals surface area contributed by atoms with E-state index in [1.54, 1.807) is 12.1 Å². The fraction of sp³-hybridized carbons (Fsp3) is 0.357. The maximum Gasteiger partial charge on any atom is 0.335 e. The van der Waals surface area contributed by atoms with Crippen LogP contribution in [0.15, 0.2) is 48.7 Å². The van der Waals surface area contributed by atoms with Gasteiger partial charge in [0, 0.05) is 54.7 Å². The molecule has 0 radical (unpaired) electrons. The molecular weight excluding hydrogens is 454 g/mol. The number of hydrogen-bond donors (Lipinski definition) is 2. The smallest absolute Gasteiger partial charge is 0.335 e.